The van der Waals surface area contributed by atoms with E-state index in [1.165, 1.54) is 6.92 Å². The Balaban J connectivity index is 2.47. The highest BCUT2D eigenvalue weighted by atomic mass is 16.6. The van der Waals surface area contributed by atoms with Gasteiger partial charge in [-0.15, -0.1) is 0 Å². The van der Waals surface area contributed by atoms with Crippen molar-refractivity contribution >= 4 is 22.9 Å². The maximum absolute atomic E-state index is 13.2. The van der Waals surface area contributed by atoms with Crippen molar-refractivity contribution in [1.29, 1.82) is 0 Å². The highest BCUT2D eigenvalue weighted by molar-refractivity contribution is 6.21. The lowest BCUT2D eigenvalue weighted by Gasteiger charge is -2.29. The second-order valence-corrected chi connectivity index (χ2v) is 6.40. The Bertz CT molecular complexity index is 1150. The summed E-state index contributed by atoms with van der Waals surface area (Å²) >= 11 is 0. The maximum atomic E-state index is 13.2. The van der Waals surface area contributed by atoms with Gasteiger partial charge in [0.1, 0.15) is 23.0 Å². The van der Waals surface area contributed by atoms with Crippen LogP contribution in [0.1, 0.15) is 34.1 Å². The second-order valence-electron chi connectivity index (χ2n) is 6.40. The first-order chi connectivity index (χ1) is 14.0. The highest BCUT2D eigenvalue weighted by Gasteiger charge is 2.59. The number of Topliss-reactive ketones (excluding diaryl/α,β-unsaturated/α-hetero) is 2. The van der Waals surface area contributed by atoms with Gasteiger partial charge in [-0.1, -0.05) is 6.92 Å². The number of ketones is 2. The lowest BCUT2D eigenvalue weighted by molar-refractivity contribution is -0.448. The van der Waals surface area contributed by atoms with Crippen molar-refractivity contribution in [1.82, 2.24) is 0 Å². The summed E-state index contributed by atoms with van der Waals surface area (Å²) in [4.78, 5) is 68.1. The van der Waals surface area contributed by atoms with Crippen LogP contribution in [0.4, 0.5) is 11.4 Å². The molecular weight excluding hydrogens is 408 g/mol. The summed E-state index contributed by atoms with van der Waals surface area (Å²) in [5, 5.41) is 45.9. The van der Waals surface area contributed by atoms with Crippen LogP contribution in [0.2, 0.25) is 0 Å². The van der Waals surface area contributed by atoms with Gasteiger partial charge in [0.05, 0.1) is 19.7 Å². The zero-order chi connectivity index (χ0) is 22.5. The molecule has 30 heavy (non-hydrogen) atoms. The molecule has 0 heterocycles. The van der Waals surface area contributed by atoms with Crippen LogP contribution in [0.5, 0.6) is 0 Å². The van der Waals surface area contributed by atoms with E-state index in [1.54, 1.807) is 0 Å². The van der Waals surface area contributed by atoms with E-state index in [4.69, 9.17) is 0 Å². The minimum atomic E-state index is -2.02. The molecule has 2 aliphatic carbocycles. The van der Waals surface area contributed by atoms with Crippen molar-refractivity contribution in [3.8, 4) is 0 Å². The molecule has 0 N–H and O–H groups in total. The Kier molecular flexibility index (Phi) is 4.69. The Morgan fingerprint density at radius 1 is 0.767 bits per heavy atom. The molecule has 0 bridgehead atoms. The minimum Gasteiger partial charge on any atom is -0.293 e. The Hall–Kier alpha value is -4.36. The van der Waals surface area contributed by atoms with Gasteiger partial charge < -0.3 is 0 Å². The standard InChI is InChI=1S/C16H10N4O10/c1-2-6-5-9(19(27)28)12-13(14(6)20(29)30)16(22)11-8(18(25)26)4-3-7(17(23)24)10(11)15(12)21/h3-5,12-13H,2H2,1H3. The average molecular weight is 418 g/mol. The first kappa shape index (κ1) is 20.4. The van der Waals surface area contributed by atoms with Crippen molar-refractivity contribution < 1.29 is 29.3 Å². The van der Waals surface area contributed by atoms with Gasteiger partial charge >= 0.3 is 0 Å². The first-order valence-electron chi connectivity index (χ1n) is 8.30. The van der Waals surface area contributed by atoms with Crippen LogP contribution in [-0.4, -0.2) is 31.3 Å². The molecule has 3 rings (SSSR count). The van der Waals surface area contributed by atoms with Crippen LogP contribution in [0, 0.1) is 52.3 Å². The molecule has 0 aliphatic heterocycles. The molecule has 1 aromatic rings. The fraction of sp³-hybridized carbons (Fsp3) is 0.250. The van der Waals surface area contributed by atoms with Gasteiger partial charge in [-0.3, -0.25) is 50.0 Å². The van der Waals surface area contributed by atoms with Crippen molar-refractivity contribution in [2.24, 2.45) is 11.8 Å². The van der Waals surface area contributed by atoms with Crippen LogP contribution in [0.3, 0.4) is 0 Å². The van der Waals surface area contributed by atoms with Gasteiger partial charge in [-0.25, -0.2) is 0 Å². The minimum absolute atomic E-state index is 0.0950. The number of nitrogens with zero attached hydrogens (tertiary/aromatic N) is 4. The Morgan fingerprint density at radius 3 is 1.60 bits per heavy atom. The number of allylic oxidation sites excluding steroid dienone is 4. The summed E-state index contributed by atoms with van der Waals surface area (Å²) in [6.45, 7) is 1.43. The molecule has 14 heteroatoms. The number of fused-ring (bicyclic) bond motifs is 2. The lowest BCUT2D eigenvalue weighted by atomic mass is 9.67. The van der Waals surface area contributed by atoms with E-state index in [2.05, 4.69) is 0 Å². The van der Waals surface area contributed by atoms with E-state index in [0.29, 0.717) is 12.1 Å². The molecule has 2 aliphatic rings. The van der Waals surface area contributed by atoms with E-state index in [0.717, 1.165) is 6.08 Å². The maximum Gasteiger partial charge on any atom is 0.281 e. The summed E-state index contributed by atoms with van der Waals surface area (Å²) in [6, 6.07) is 1.29. The number of carbonyl (C=O) groups is 2. The molecular formula is C16H10N4O10. The number of hydrogen-bond donors (Lipinski definition) is 0. The predicted octanol–water partition coefficient (Wildman–Crippen LogP) is 2.23. The van der Waals surface area contributed by atoms with E-state index in [-0.39, 0.29) is 12.0 Å². The molecule has 0 radical (unpaired) electrons. The third-order valence-corrected chi connectivity index (χ3v) is 5.00. The molecule has 0 saturated carbocycles. The van der Waals surface area contributed by atoms with Crippen LogP contribution >= 0.6 is 0 Å². The predicted molar refractivity (Wildman–Crippen MR) is 94.8 cm³/mol. The summed E-state index contributed by atoms with van der Waals surface area (Å²) in [5.74, 6) is -6.69. The van der Waals surface area contributed by atoms with Crippen molar-refractivity contribution in [3.63, 3.8) is 0 Å². The smallest absolute Gasteiger partial charge is 0.281 e. The van der Waals surface area contributed by atoms with E-state index in [9.17, 15) is 50.0 Å². The molecule has 2 atom stereocenters. The number of benzene rings is 1. The molecule has 0 saturated heterocycles. The summed E-state index contributed by atoms with van der Waals surface area (Å²) in [5.41, 5.74) is -5.65. The normalized spacial score (nSPS) is 20.2. The SMILES string of the molecule is CCC1=C([N+](=O)[O-])C2C(=O)c3c([N+](=O)[O-])ccc([N+](=O)[O-])c3C(=O)C2C([N+](=O)[O-])=C1. The second kappa shape index (κ2) is 6.91. The average Bonchev–Trinajstić information content (AvgIpc) is 2.68. The number of rotatable bonds is 5. The topological polar surface area (TPSA) is 207 Å². The zero-order valence-electron chi connectivity index (χ0n) is 15.0. The zero-order valence-corrected chi connectivity index (χ0v) is 15.0. The molecule has 14 nitrogen and oxygen atoms in total. The van der Waals surface area contributed by atoms with Gasteiger partial charge in [0.2, 0.25) is 0 Å². The molecule has 0 fully saturated rings. The van der Waals surface area contributed by atoms with Crippen molar-refractivity contribution in [3.05, 3.63) is 86.8 Å². The number of nitro benzene ring substituents is 2. The monoisotopic (exact) mass is 418 g/mol. The van der Waals surface area contributed by atoms with E-state index in [1.807, 2.05) is 0 Å². The quantitative estimate of drug-likeness (QED) is 0.503. The van der Waals surface area contributed by atoms with Crippen molar-refractivity contribution in [2.75, 3.05) is 0 Å². The van der Waals surface area contributed by atoms with Crippen LogP contribution in [0.15, 0.2) is 35.2 Å². The molecule has 0 spiro atoms. The van der Waals surface area contributed by atoms with Crippen molar-refractivity contribution in [2.45, 2.75) is 13.3 Å². The van der Waals surface area contributed by atoms with E-state index >= 15 is 0 Å². The number of nitro groups is 4. The van der Waals surface area contributed by atoms with Gasteiger partial charge in [0.25, 0.3) is 22.8 Å². The Morgan fingerprint density at radius 2 is 1.23 bits per heavy atom. The van der Waals surface area contributed by atoms with Gasteiger partial charge in [-0.05, 0) is 6.42 Å². The lowest BCUT2D eigenvalue weighted by Crippen LogP contribution is -2.44. The number of hydrogen-bond acceptors (Lipinski definition) is 10. The molecule has 2 unspecified atom stereocenters. The molecule has 0 aromatic heterocycles. The highest BCUT2D eigenvalue weighted by Crippen LogP contribution is 2.47. The number of carbonyl (C=O) groups excluding carboxylic acids is 2. The van der Waals surface area contributed by atoms with Crippen LogP contribution in [0.25, 0.3) is 0 Å². The third-order valence-electron chi connectivity index (χ3n) is 5.00. The summed E-state index contributed by atoms with van der Waals surface area (Å²) in [7, 11) is 0. The summed E-state index contributed by atoms with van der Waals surface area (Å²) in [6.07, 6.45) is 0.709. The molecule has 0 amide bonds. The largest absolute Gasteiger partial charge is 0.293 e. The third kappa shape index (κ3) is 2.73. The Labute approximate surface area is 165 Å². The molecule has 154 valence electrons. The van der Waals surface area contributed by atoms with E-state index < -0.39 is 77.0 Å². The summed E-state index contributed by atoms with van der Waals surface area (Å²) < 4.78 is 0. The first-order valence-corrected chi connectivity index (χ1v) is 8.30. The van der Waals surface area contributed by atoms with Gasteiger partial charge in [0.15, 0.2) is 11.6 Å². The fourth-order valence-electron chi connectivity index (χ4n) is 3.81. The van der Waals surface area contributed by atoms with Crippen LogP contribution < -0.4 is 0 Å². The van der Waals surface area contributed by atoms with Crippen LogP contribution in [-0.2, 0) is 0 Å². The molecule has 1 aromatic carbocycles. The fourth-order valence-corrected chi connectivity index (χ4v) is 3.81. The van der Waals surface area contributed by atoms with Gasteiger partial charge in [0, 0.05) is 23.8 Å². The van der Waals surface area contributed by atoms with Gasteiger partial charge in [-0.2, -0.15) is 0 Å².